The third-order valence-corrected chi connectivity index (χ3v) is 5.80. The minimum Gasteiger partial charge on any atom is -0.364 e. The van der Waals surface area contributed by atoms with Crippen LogP contribution < -0.4 is 5.73 Å². The predicted octanol–water partition coefficient (Wildman–Crippen LogP) is 0.485. The van der Waals surface area contributed by atoms with Crippen molar-refractivity contribution in [1.82, 2.24) is 14.1 Å². The number of primary amides is 1. The number of aromatic nitrogens is 2. The van der Waals surface area contributed by atoms with Crippen LogP contribution in [-0.2, 0) is 23.1 Å². The highest BCUT2D eigenvalue weighted by Crippen LogP contribution is 2.28. The van der Waals surface area contributed by atoms with Gasteiger partial charge in [-0.05, 0) is 18.6 Å². The number of amides is 1. The summed E-state index contributed by atoms with van der Waals surface area (Å²) in [4.78, 5) is 21.3. The lowest BCUT2D eigenvalue weighted by molar-refractivity contribution is -0.387. The smallest absolute Gasteiger partial charge is 0.289 e. The largest absolute Gasteiger partial charge is 0.364 e. The summed E-state index contributed by atoms with van der Waals surface area (Å²) in [6.07, 6.45) is 0.451. The summed E-state index contributed by atoms with van der Waals surface area (Å²) >= 11 is 0. The van der Waals surface area contributed by atoms with Crippen LogP contribution in [0, 0.1) is 10.1 Å². The first kappa shape index (κ1) is 17.0. The fourth-order valence-corrected chi connectivity index (χ4v) is 4.33. The van der Waals surface area contributed by atoms with E-state index in [1.807, 2.05) is 0 Å². The molecule has 1 aliphatic rings. The number of rotatable bonds is 4. The fraction of sp³-hybridized carbons (Fsp3) is 0.286. The first-order valence-corrected chi connectivity index (χ1v) is 8.85. The summed E-state index contributed by atoms with van der Waals surface area (Å²) < 4.78 is 28.5. The second-order valence-corrected chi connectivity index (χ2v) is 7.43. The zero-order chi connectivity index (χ0) is 18.2. The van der Waals surface area contributed by atoms with Crippen LogP contribution >= 0.6 is 0 Å². The van der Waals surface area contributed by atoms with Crippen LogP contribution in [-0.4, -0.2) is 39.9 Å². The van der Waals surface area contributed by atoms with Crippen LogP contribution in [0.4, 0.5) is 5.69 Å². The van der Waals surface area contributed by atoms with Gasteiger partial charge in [-0.25, -0.2) is 8.42 Å². The topological polar surface area (TPSA) is 141 Å². The second kappa shape index (κ2) is 6.26. The number of benzene rings is 1. The second-order valence-electron chi connectivity index (χ2n) is 5.53. The number of hydrogen-bond donors (Lipinski definition) is 1. The molecule has 0 fully saturated rings. The molecule has 10 nitrogen and oxygen atoms in total. The van der Waals surface area contributed by atoms with Crippen molar-refractivity contribution in [2.75, 3.05) is 6.54 Å². The van der Waals surface area contributed by atoms with Crippen LogP contribution in [0.2, 0.25) is 0 Å². The minimum atomic E-state index is -4.08. The van der Waals surface area contributed by atoms with Gasteiger partial charge in [0.25, 0.3) is 11.6 Å². The van der Waals surface area contributed by atoms with E-state index in [9.17, 15) is 23.3 Å². The van der Waals surface area contributed by atoms with E-state index in [0.717, 1.165) is 10.4 Å². The molecular formula is C14H15N5O5S. The number of para-hydroxylation sites is 1. The standard InChI is InChI=1S/C14H15N5O5S/c15-14(20)11-8-10-9-17(6-3-7-18(10)16-11)25(23,24)13-5-2-1-4-12(13)19(21)22/h1-2,4-5,8H,3,6-7,9H2,(H2,15,20). The predicted molar refractivity (Wildman–Crippen MR) is 86.1 cm³/mol. The molecule has 25 heavy (non-hydrogen) atoms. The van der Waals surface area contributed by atoms with E-state index in [-0.39, 0.29) is 23.7 Å². The van der Waals surface area contributed by atoms with Crippen molar-refractivity contribution in [3.63, 3.8) is 0 Å². The van der Waals surface area contributed by atoms with Gasteiger partial charge in [0, 0.05) is 19.2 Å². The van der Waals surface area contributed by atoms with Gasteiger partial charge in [-0.1, -0.05) is 12.1 Å². The summed E-state index contributed by atoms with van der Waals surface area (Å²) in [6, 6.07) is 6.65. The Labute approximate surface area is 143 Å². The van der Waals surface area contributed by atoms with Gasteiger partial charge in [-0.2, -0.15) is 9.40 Å². The molecule has 0 bridgehead atoms. The zero-order valence-electron chi connectivity index (χ0n) is 13.0. The number of carbonyl (C=O) groups excluding carboxylic acids is 1. The number of hydrogen-bond acceptors (Lipinski definition) is 6. The Morgan fingerprint density at radius 1 is 1.28 bits per heavy atom. The lowest BCUT2D eigenvalue weighted by Crippen LogP contribution is -2.31. The normalized spacial score (nSPS) is 15.4. The Bertz CT molecular complexity index is 952. The number of nitrogens with two attached hydrogens (primary N) is 1. The van der Waals surface area contributed by atoms with Crippen molar-refractivity contribution in [1.29, 1.82) is 0 Å². The number of carbonyl (C=O) groups is 1. The molecule has 0 atom stereocenters. The Morgan fingerprint density at radius 2 is 2.00 bits per heavy atom. The van der Waals surface area contributed by atoms with E-state index in [1.165, 1.54) is 28.9 Å². The lowest BCUT2D eigenvalue weighted by atomic mass is 10.3. The molecule has 1 amide bonds. The van der Waals surface area contributed by atoms with E-state index in [2.05, 4.69) is 5.10 Å². The Balaban J connectivity index is 2.00. The highest BCUT2D eigenvalue weighted by atomic mass is 32.2. The average Bonchev–Trinajstić information content (AvgIpc) is 2.86. The SMILES string of the molecule is NC(=O)c1cc2n(n1)CCCN(S(=O)(=O)c1ccccc1[N+](=O)[O-])C2. The van der Waals surface area contributed by atoms with E-state index in [0.29, 0.717) is 18.7 Å². The molecule has 1 aromatic carbocycles. The van der Waals surface area contributed by atoms with Crippen LogP contribution in [0.3, 0.4) is 0 Å². The Kier molecular flexibility index (Phi) is 4.27. The van der Waals surface area contributed by atoms with Gasteiger partial charge in [0.15, 0.2) is 4.90 Å². The van der Waals surface area contributed by atoms with Crippen LogP contribution in [0.15, 0.2) is 35.2 Å². The first-order valence-electron chi connectivity index (χ1n) is 7.41. The maximum atomic E-state index is 12.9. The zero-order valence-corrected chi connectivity index (χ0v) is 13.8. The quantitative estimate of drug-likeness (QED) is 0.617. The third kappa shape index (κ3) is 3.10. The molecule has 2 aromatic rings. The number of sulfonamides is 1. The minimum absolute atomic E-state index is 0.0470. The van der Waals surface area contributed by atoms with E-state index in [1.54, 1.807) is 0 Å². The molecule has 2 N–H and O–H groups in total. The van der Waals surface area contributed by atoms with E-state index < -0.39 is 26.5 Å². The van der Waals surface area contributed by atoms with Crippen LogP contribution in [0.1, 0.15) is 22.6 Å². The molecule has 2 heterocycles. The van der Waals surface area contributed by atoms with Gasteiger partial charge < -0.3 is 5.73 Å². The molecule has 0 radical (unpaired) electrons. The molecule has 0 spiro atoms. The number of nitrogens with zero attached hydrogens (tertiary/aromatic N) is 4. The van der Waals surface area contributed by atoms with Crippen LogP contribution in [0.5, 0.6) is 0 Å². The van der Waals surface area contributed by atoms with Crippen molar-refractivity contribution >= 4 is 21.6 Å². The third-order valence-electron chi connectivity index (χ3n) is 3.91. The number of nitro benzene ring substituents is 1. The van der Waals surface area contributed by atoms with Crippen molar-refractivity contribution in [2.45, 2.75) is 24.4 Å². The molecule has 1 aliphatic heterocycles. The van der Waals surface area contributed by atoms with Crippen molar-refractivity contribution in [3.8, 4) is 0 Å². The molecule has 0 unspecified atom stereocenters. The van der Waals surface area contributed by atoms with Gasteiger partial charge in [0.1, 0.15) is 5.69 Å². The van der Waals surface area contributed by atoms with E-state index >= 15 is 0 Å². The molecule has 11 heteroatoms. The molecule has 0 saturated carbocycles. The highest BCUT2D eigenvalue weighted by Gasteiger charge is 2.33. The highest BCUT2D eigenvalue weighted by molar-refractivity contribution is 7.89. The monoisotopic (exact) mass is 365 g/mol. The van der Waals surface area contributed by atoms with Crippen molar-refractivity contribution in [3.05, 3.63) is 51.8 Å². The summed E-state index contributed by atoms with van der Waals surface area (Å²) in [5.74, 6) is -0.700. The summed E-state index contributed by atoms with van der Waals surface area (Å²) in [5.41, 5.74) is 5.30. The Morgan fingerprint density at radius 3 is 2.68 bits per heavy atom. The molecule has 3 rings (SSSR count). The van der Waals surface area contributed by atoms with Crippen molar-refractivity contribution in [2.24, 2.45) is 5.73 Å². The summed E-state index contributed by atoms with van der Waals surface area (Å²) in [6.45, 7) is 0.559. The van der Waals surface area contributed by atoms with Crippen molar-refractivity contribution < 1.29 is 18.1 Å². The maximum absolute atomic E-state index is 12.9. The number of nitro groups is 1. The summed E-state index contributed by atoms with van der Waals surface area (Å²) in [5, 5.41) is 15.2. The van der Waals surface area contributed by atoms with Gasteiger partial charge in [0.05, 0.1) is 17.2 Å². The Hall–Kier alpha value is -2.79. The number of fused-ring (bicyclic) bond motifs is 1. The molecule has 1 aromatic heterocycles. The molecule has 132 valence electrons. The van der Waals surface area contributed by atoms with Gasteiger partial charge >= 0.3 is 0 Å². The van der Waals surface area contributed by atoms with Gasteiger partial charge in [-0.3, -0.25) is 19.6 Å². The first-order chi connectivity index (χ1) is 11.8. The number of aryl methyl sites for hydroxylation is 1. The fourth-order valence-electron chi connectivity index (χ4n) is 2.72. The van der Waals surface area contributed by atoms with Gasteiger partial charge in [-0.15, -0.1) is 0 Å². The lowest BCUT2D eigenvalue weighted by Gasteiger charge is -2.19. The molecule has 0 saturated heterocycles. The average molecular weight is 365 g/mol. The molecule has 0 aliphatic carbocycles. The maximum Gasteiger partial charge on any atom is 0.289 e. The summed E-state index contributed by atoms with van der Waals surface area (Å²) in [7, 11) is -4.08. The van der Waals surface area contributed by atoms with Gasteiger partial charge in [0.2, 0.25) is 10.0 Å². The molecular weight excluding hydrogens is 350 g/mol. The van der Waals surface area contributed by atoms with Crippen LogP contribution in [0.25, 0.3) is 0 Å². The van der Waals surface area contributed by atoms with E-state index in [4.69, 9.17) is 5.73 Å².